The quantitative estimate of drug-likeness (QED) is 0.113. The van der Waals surface area contributed by atoms with Crippen LogP contribution in [0.15, 0.2) is 0 Å². The highest BCUT2D eigenvalue weighted by Gasteiger charge is 2.59. The molecule has 22 N–H and O–H groups in total. The highest BCUT2D eigenvalue weighted by molar-refractivity contribution is 5.02. The van der Waals surface area contributed by atoms with E-state index < -0.39 is 261 Å². The summed E-state index contributed by atoms with van der Waals surface area (Å²) in [4.78, 5) is 0. The molecular formula is C42H71NO34. The molecule has 0 spiro atoms. The maximum Gasteiger partial charge on any atom is 0.187 e. The van der Waals surface area contributed by atoms with Gasteiger partial charge in [-0.2, -0.15) is 0 Å². The molecule has 15 heterocycles. The molecule has 15 aliphatic rings. The van der Waals surface area contributed by atoms with Crippen molar-refractivity contribution in [1.82, 2.24) is 0 Å². The van der Waals surface area contributed by atoms with Gasteiger partial charge in [0.1, 0.15) is 165 Å². The summed E-state index contributed by atoms with van der Waals surface area (Å²) in [6, 6.07) is -1.71. The zero-order valence-electron chi connectivity index (χ0n) is 40.4. The highest BCUT2D eigenvalue weighted by atomic mass is 16.8. The van der Waals surface area contributed by atoms with Gasteiger partial charge in [0.2, 0.25) is 0 Å². The fourth-order valence-corrected chi connectivity index (χ4v) is 10.5. The summed E-state index contributed by atoms with van der Waals surface area (Å²) < 4.78 is 80.0. The molecule has 448 valence electrons. The van der Waals surface area contributed by atoms with Crippen LogP contribution < -0.4 is 5.73 Å². The number of ether oxygens (including phenoxy) is 14. The summed E-state index contributed by atoms with van der Waals surface area (Å²) in [5.41, 5.74) is 6.29. The van der Waals surface area contributed by atoms with Crippen molar-refractivity contribution in [2.45, 2.75) is 215 Å². The van der Waals surface area contributed by atoms with E-state index in [1.54, 1.807) is 0 Å². The number of hydrogen-bond donors (Lipinski definition) is 21. The predicted octanol–water partition coefficient (Wildman–Crippen LogP) is -15.3. The minimum absolute atomic E-state index is 0.991. The van der Waals surface area contributed by atoms with Crippen molar-refractivity contribution in [2.75, 3.05) is 46.2 Å². The number of fused-ring (bicyclic) bond motifs is 7. The van der Waals surface area contributed by atoms with E-state index in [-0.39, 0.29) is 0 Å². The molecule has 14 bridgehead atoms. The van der Waals surface area contributed by atoms with Crippen LogP contribution >= 0.6 is 0 Å². The smallest absolute Gasteiger partial charge is 0.187 e. The van der Waals surface area contributed by atoms with Gasteiger partial charge >= 0.3 is 0 Å². The third-order valence-electron chi connectivity index (χ3n) is 14.9. The van der Waals surface area contributed by atoms with Crippen LogP contribution in [0.1, 0.15) is 0 Å². The molecule has 15 rings (SSSR count). The van der Waals surface area contributed by atoms with Crippen LogP contribution in [0.25, 0.3) is 0 Å². The summed E-state index contributed by atoms with van der Waals surface area (Å²) in [5.74, 6) is 0. The Hall–Kier alpha value is -1.40. The van der Waals surface area contributed by atoms with Crippen LogP contribution in [0.4, 0.5) is 0 Å². The van der Waals surface area contributed by atoms with Crippen LogP contribution in [0, 0.1) is 0 Å². The van der Waals surface area contributed by atoms with Gasteiger partial charge in [-0.25, -0.2) is 0 Å². The molecule has 0 unspecified atom stereocenters. The Labute approximate surface area is 434 Å². The van der Waals surface area contributed by atoms with E-state index in [0.29, 0.717) is 0 Å². The normalized spacial score (nSPS) is 55.4. The molecule has 0 aromatic rings. The van der Waals surface area contributed by atoms with Crippen molar-refractivity contribution in [3.05, 3.63) is 0 Å². The standard InChI is InChI=1S/C42H71NO34/c43-15-16(51)29-8(1-44)64-36(15)71-30-9(2-45)65-38(23(58)17(30)52)73-32-11(4-47)67-40(25(60)19(32)54)75-34-13(6-49)69-42(27(62)21(34)56)77-35-14(7-50)70-41(28(63)22(35)57)76-33-12(5-48)68-39(26(61)20(33)55)74-31-10(3-46)66-37(72-29)24(59)18(31)53/h8-42,44-63H,1-7,43H2/t8-,9-,10-,11-,12-,13-,14-,15-,16-,17-,18-,19-,20-,21-,22-,23-,24-,25-,26-,27-,28-,29-,30-,31-,32-,33-,34-,35-,36-,37-,38-,39-,40-,41-,42-/m1/s1. The Balaban J connectivity index is 1.08. The summed E-state index contributed by atoms with van der Waals surface area (Å²) >= 11 is 0. The lowest BCUT2D eigenvalue weighted by Crippen LogP contribution is -2.69. The number of aliphatic hydroxyl groups excluding tert-OH is 20. The van der Waals surface area contributed by atoms with E-state index >= 15 is 0 Å². The number of nitrogens with two attached hydrogens (primary N) is 1. The molecule has 35 nitrogen and oxygen atoms in total. The molecule has 0 radical (unpaired) electrons. The van der Waals surface area contributed by atoms with E-state index in [2.05, 4.69) is 0 Å². The zero-order chi connectivity index (χ0) is 56.1. The Kier molecular flexibility index (Phi) is 20.8. The fraction of sp³-hybridized carbons (Fsp3) is 1.00. The van der Waals surface area contributed by atoms with Crippen LogP contribution in [-0.2, 0) is 66.3 Å². The first kappa shape index (κ1) is 61.7. The average Bonchev–Trinajstić information content (AvgIpc) is 3.42. The van der Waals surface area contributed by atoms with Gasteiger partial charge in [-0.05, 0) is 0 Å². The van der Waals surface area contributed by atoms with E-state index in [4.69, 9.17) is 72.0 Å². The summed E-state index contributed by atoms with van der Waals surface area (Å²) in [6.07, 6.45) is -66.7. The van der Waals surface area contributed by atoms with Crippen molar-refractivity contribution in [3.8, 4) is 0 Å². The zero-order valence-corrected chi connectivity index (χ0v) is 40.4. The minimum atomic E-state index is -2.20. The maximum atomic E-state index is 11.4. The van der Waals surface area contributed by atoms with Gasteiger partial charge < -0.3 is 174 Å². The first-order chi connectivity index (χ1) is 36.7. The number of aliphatic hydroxyl groups is 20. The first-order valence-corrected chi connectivity index (χ1v) is 24.7. The van der Waals surface area contributed by atoms with Gasteiger partial charge in [0, 0.05) is 0 Å². The third kappa shape index (κ3) is 12.1. The molecule has 0 saturated carbocycles. The first-order valence-electron chi connectivity index (χ1n) is 24.7. The summed E-state index contributed by atoms with van der Waals surface area (Å²) in [6.45, 7) is -7.17. The Morgan fingerprint density at radius 3 is 0.506 bits per heavy atom. The van der Waals surface area contributed by atoms with E-state index in [9.17, 15) is 102 Å². The topological polar surface area (TPSA) is 560 Å². The largest absolute Gasteiger partial charge is 0.394 e. The second-order valence-electron chi connectivity index (χ2n) is 19.7. The van der Waals surface area contributed by atoms with Crippen molar-refractivity contribution in [1.29, 1.82) is 0 Å². The van der Waals surface area contributed by atoms with Gasteiger partial charge in [-0.15, -0.1) is 0 Å². The SMILES string of the molecule is N[C@H]1[C@H]2O[C@H]3[C@H](O)[C@@H](O)[C@@H](O[C@H]4[C@H](O)[C@@H](O)[C@@H](O[C@H]5[C@H](O)[C@@H](O)[C@@H](O[C@H]6[C@H](O)[C@@H](O)[C@@H](O[C@H]7[C@H](O)[C@@H](O)[C@@H](O[C@H]8[C@H](O)[C@@H](O)[C@@H](O[C@@H]([C@@H]1O)[C@@H](CO)O2)O[C@@H]8CO)O[C@@H]7CO)O[C@@H]6CO)O[C@@H]5CO)O[C@@H]4CO)O[C@@H]3CO. The predicted molar refractivity (Wildman–Crippen MR) is 230 cm³/mol. The fourth-order valence-electron chi connectivity index (χ4n) is 10.5. The lowest BCUT2D eigenvalue weighted by Gasteiger charge is -2.50. The summed E-state index contributed by atoms with van der Waals surface area (Å²) in [5, 5.41) is 219. The van der Waals surface area contributed by atoms with E-state index in [1.807, 2.05) is 0 Å². The van der Waals surface area contributed by atoms with Crippen LogP contribution in [0.5, 0.6) is 0 Å². The number of hydrogen-bond acceptors (Lipinski definition) is 35. The Morgan fingerprint density at radius 1 is 0.195 bits per heavy atom. The van der Waals surface area contributed by atoms with E-state index in [0.717, 1.165) is 0 Å². The Morgan fingerprint density at radius 2 is 0.338 bits per heavy atom. The van der Waals surface area contributed by atoms with Gasteiger partial charge in [0.15, 0.2) is 44.0 Å². The molecule has 77 heavy (non-hydrogen) atoms. The van der Waals surface area contributed by atoms with Crippen molar-refractivity contribution in [2.24, 2.45) is 5.73 Å². The lowest BCUT2D eigenvalue weighted by atomic mass is 9.94. The minimum Gasteiger partial charge on any atom is -0.394 e. The molecule has 0 aromatic carbocycles. The summed E-state index contributed by atoms with van der Waals surface area (Å²) in [7, 11) is 0. The lowest BCUT2D eigenvalue weighted by molar-refractivity contribution is -0.396. The molecule has 35 atom stereocenters. The Bertz CT molecular complexity index is 1470. The molecule has 15 fully saturated rings. The average molecular weight is 1130 g/mol. The van der Waals surface area contributed by atoms with Gasteiger partial charge in [-0.1, -0.05) is 0 Å². The van der Waals surface area contributed by atoms with Crippen LogP contribution in [-0.4, -0.2) is 363 Å². The van der Waals surface area contributed by atoms with Crippen molar-refractivity contribution < 1.29 is 168 Å². The second kappa shape index (κ2) is 26.0. The molecule has 0 aliphatic carbocycles. The second-order valence-corrected chi connectivity index (χ2v) is 19.7. The maximum absolute atomic E-state index is 11.4. The molecule has 15 aliphatic heterocycles. The van der Waals surface area contributed by atoms with Gasteiger partial charge in [0.25, 0.3) is 0 Å². The molecule has 15 saturated heterocycles. The van der Waals surface area contributed by atoms with Gasteiger partial charge in [0.05, 0.1) is 52.3 Å². The van der Waals surface area contributed by atoms with Crippen LogP contribution in [0.2, 0.25) is 0 Å². The highest BCUT2D eigenvalue weighted by Crippen LogP contribution is 2.38. The third-order valence-corrected chi connectivity index (χ3v) is 14.9. The molecule has 0 amide bonds. The monoisotopic (exact) mass is 1130 g/mol. The molecule has 0 aromatic heterocycles. The number of rotatable bonds is 7. The molecular weight excluding hydrogens is 1060 g/mol. The van der Waals surface area contributed by atoms with Crippen molar-refractivity contribution in [3.63, 3.8) is 0 Å². The van der Waals surface area contributed by atoms with Crippen LogP contribution in [0.3, 0.4) is 0 Å². The van der Waals surface area contributed by atoms with Crippen molar-refractivity contribution >= 4 is 0 Å². The van der Waals surface area contributed by atoms with E-state index in [1.165, 1.54) is 0 Å². The van der Waals surface area contributed by atoms with Gasteiger partial charge in [-0.3, -0.25) is 0 Å². The molecule has 35 heteroatoms.